The Morgan fingerprint density at radius 2 is 1.77 bits per heavy atom. The van der Waals surface area contributed by atoms with Crippen molar-refractivity contribution in [2.75, 3.05) is 40.5 Å². The quantitative estimate of drug-likeness (QED) is 0.294. The molecule has 1 saturated heterocycles. The molecule has 1 unspecified atom stereocenters. The first kappa shape index (κ1) is 29.0. The molecule has 0 spiro atoms. The van der Waals surface area contributed by atoms with Crippen LogP contribution in [0.3, 0.4) is 0 Å². The molecule has 1 fully saturated rings. The standard InChI is InChI=1S/C32H45N3O4/c1-20(2)15-25(19-36)33-18-30(37)35-13-11-22(12-14-35)23-7-9-27-26(16-23)31(21(3)4)32(34-27)24-8-10-28(38-5)29(17-24)39-6/h7-10,16-17,20-22,25,33-34,36H,11-15,18-19H2,1-6H3. The normalized spacial score (nSPS) is 15.4. The number of aliphatic hydroxyl groups excluding tert-OH is 1. The monoisotopic (exact) mass is 535 g/mol. The number of rotatable bonds is 11. The number of H-pyrrole nitrogens is 1. The largest absolute Gasteiger partial charge is 0.493 e. The third-order valence-corrected chi connectivity index (χ3v) is 7.95. The van der Waals surface area contributed by atoms with E-state index in [-0.39, 0.29) is 25.1 Å². The number of aromatic nitrogens is 1. The lowest BCUT2D eigenvalue weighted by atomic mass is 9.87. The summed E-state index contributed by atoms with van der Waals surface area (Å²) in [7, 11) is 3.32. The fraction of sp³-hybridized carbons (Fsp3) is 0.531. The molecule has 1 amide bonds. The summed E-state index contributed by atoms with van der Waals surface area (Å²) < 4.78 is 11.0. The van der Waals surface area contributed by atoms with Crippen LogP contribution >= 0.6 is 0 Å². The first-order valence-corrected chi connectivity index (χ1v) is 14.3. The highest BCUT2D eigenvalue weighted by Crippen LogP contribution is 2.40. The lowest BCUT2D eigenvalue weighted by molar-refractivity contribution is -0.131. The fourth-order valence-electron chi connectivity index (χ4n) is 5.90. The van der Waals surface area contributed by atoms with Gasteiger partial charge in [0.25, 0.3) is 0 Å². The van der Waals surface area contributed by atoms with Crippen molar-refractivity contribution in [3.05, 3.63) is 47.5 Å². The molecule has 2 aromatic carbocycles. The van der Waals surface area contributed by atoms with Gasteiger partial charge in [-0.1, -0.05) is 33.8 Å². The van der Waals surface area contributed by atoms with E-state index in [9.17, 15) is 9.90 Å². The summed E-state index contributed by atoms with van der Waals surface area (Å²) in [5.41, 5.74) is 5.96. The first-order chi connectivity index (χ1) is 18.7. The summed E-state index contributed by atoms with van der Waals surface area (Å²) in [6, 6.07) is 12.8. The lowest BCUT2D eigenvalue weighted by Gasteiger charge is -2.33. The molecule has 7 heteroatoms. The summed E-state index contributed by atoms with van der Waals surface area (Å²) in [5.74, 6) is 2.80. The van der Waals surface area contributed by atoms with Gasteiger partial charge in [-0.3, -0.25) is 4.79 Å². The van der Waals surface area contributed by atoms with Crippen molar-refractivity contribution >= 4 is 16.8 Å². The van der Waals surface area contributed by atoms with Crippen LogP contribution in [-0.4, -0.2) is 67.4 Å². The van der Waals surface area contributed by atoms with Gasteiger partial charge in [0.05, 0.1) is 33.1 Å². The van der Waals surface area contributed by atoms with Gasteiger partial charge in [0.15, 0.2) is 11.5 Å². The zero-order valence-corrected chi connectivity index (χ0v) is 24.3. The molecular formula is C32H45N3O4. The average Bonchev–Trinajstić information content (AvgIpc) is 3.33. The molecule has 39 heavy (non-hydrogen) atoms. The summed E-state index contributed by atoms with van der Waals surface area (Å²) in [5, 5.41) is 14.1. The molecule has 0 saturated carbocycles. The number of aromatic amines is 1. The third-order valence-electron chi connectivity index (χ3n) is 7.95. The van der Waals surface area contributed by atoms with Crippen molar-refractivity contribution in [2.45, 2.75) is 64.8 Å². The number of piperidine rings is 1. The van der Waals surface area contributed by atoms with Gasteiger partial charge in [-0.15, -0.1) is 0 Å². The van der Waals surface area contributed by atoms with Crippen LogP contribution in [0, 0.1) is 5.92 Å². The van der Waals surface area contributed by atoms with Crippen LogP contribution in [0.2, 0.25) is 0 Å². The maximum atomic E-state index is 12.8. The number of nitrogens with zero attached hydrogens (tertiary/aromatic N) is 1. The number of benzene rings is 2. The van der Waals surface area contributed by atoms with Gasteiger partial charge in [0, 0.05) is 35.6 Å². The second kappa shape index (κ2) is 12.9. The van der Waals surface area contributed by atoms with Crippen molar-refractivity contribution < 1.29 is 19.4 Å². The molecule has 1 atom stereocenters. The average molecular weight is 536 g/mol. The van der Waals surface area contributed by atoms with Crippen LogP contribution in [-0.2, 0) is 4.79 Å². The Bertz CT molecular complexity index is 1260. The number of likely N-dealkylation sites (tertiary alicyclic amines) is 1. The molecule has 1 aliphatic rings. The minimum Gasteiger partial charge on any atom is -0.493 e. The second-order valence-electron chi connectivity index (χ2n) is 11.5. The minimum atomic E-state index is -0.0291. The predicted octanol–water partition coefficient (Wildman–Crippen LogP) is 5.68. The van der Waals surface area contributed by atoms with Gasteiger partial charge in [0.2, 0.25) is 5.91 Å². The number of methoxy groups -OCH3 is 2. The first-order valence-electron chi connectivity index (χ1n) is 14.3. The molecule has 7 nitrogen and oxygen atoms in total. The molecular weight excluding hydrogens is 490 g/mol. The van der Waals surface area contributed by atoms with Gasteiger partial charge < -0.3 is 29.8 Å². The number of nitrogens with one attached hydrogen (secondary N) is 2. The zero-order valence-electron chi connectivity index (χ0n) is 24.3. The summed E-state index contributed by atoms with van der Waals surface area (Å²) >= 11 is 0. The van der Waals surface area contributed by atoms with Crippen LogP contribution in [0.4, 0.5) is 0 Å². The Morgan fingerprint density at radius 1 is 1.05 bits per heavy atom. The van der Waals surface area contributed by atoms with Crippen molar-refractivity contribution in [3.63, 3.8) is 0 Å². The predicted molar refractivity (Wildman–Crippen MR) is 158 cm³/mol. The fourth-order valence-corrected chi connectivity index (χ4v) is 5.90. The minimum absolute atomic E-state index is 0.0291. The number of aliphatic hydroxyl groups is 1. The van der Waals surface area contributed by atoms with E-state index in [4.69, 9.17) is 9.47 Å². The highest BCUT2D eigenvalue weighted by atomic mass is 16.5. The number of carbonyl (C=O) groups excluding carboxylic acids is 1. The molecule has 2 heterocycles. The molecule has 3 N–H and O–H groups in total. The molecule has 3 aromatic rings. The lowest BCUT2D eigenvalue weighted by Crippen LogP contribution is -2.45. The third kappa shape index (κ3) is 6.59. The number of hydrogen-bond acceptors (Lipinski definition) is 5. The van der Waals surface area contributed by atoms with E-state index in [2.05, 4.69) is 62.3 Å². The smallest absolute Gasteiger partial charge is 0.236 e. The van der Waals surface area contributed by atoms with Crippen molar-refractivity contribution in [2.24, 2.45) is 5.92 Å². The Kier molecular flexibility index (Phi) is 9.57. The van der Waals surface area contributed by atoms with Crippen LogP contribution in [0.1, 0.15) is 69.9 Å². The Labute approximate surface area is 232 Å². The maximum absolute atomic E-state index is 12.8. The molecule has 0 bridgehead atoms. The SMILES string of the molecule is COc1ccc(-c2[nH]c3ccc(C4CCN(C(=O)CNC(CO)CC(C)C)CC4)cc3c2C(C)C)cc1OC. The van der Waals surface area contributed by atoms with E-state index < -0.39 is 0 Å². The van der Waals surface area contributed by atoms with Gasteiger partial charge in [-0.25, -0.2) is 0 Å². The number of ether oxygens (including phenoxy) is 2. The van der Waals surface area contributed by atoms with Crippen molar-refractivity contribution in [3.8, 4) is 22.8 Å². The maximum Gasteiger partial charge on any atom is 0.236 e. The van der Waals surface area contributed by atoms with Gasteiger partial charge in [-0.2, -0.15) is 0 Å². The summed E-state index contributed by atoms with van der Waals surface area (Å²) in [6.07, 6.45) is 2.77. The number of fused-ring (bicyclic) bond motifs is 1. The van der Waals surface area contributed by atoms with Gasteiger partial charge in [0.1, 0.15) is 0 Å². The highest BCUT2D eigenvalue weighted by Gasteiger charge is 2.25. The Morgan fingerprint density at radius 3 is 2.38 bits per heavy atom. The number of hydrogen-bond donors (Lipinski definition) is 3. The zero-order chi connectivity index (χ0) is 28.1. The summed E-state index contributed by atoms with van der Waals surface area (Å²) in [6.45, 7) is 10.6. The number of carbonyl (C=O) groups is 1. The van der Waals surface area contributed by atoms with Crippen LogP contribution < -0.4 is 14.8 Å². The van der Waals surface area contributed by atoms with E-state index in [1.54, 1.807) is 14.2 Å². The van der Waals surface area contributed by atoms with E-state index in [0.717, 1.165) is 54.9 Å². The topological polar surface area (TPSA) is 86.8 Å². The van der Waals surface area contributed by atoms with Crippen molar-refractivity contribution in [1.82, 2.24) is 15.2 Å². The Balaban J connectivity index is 1.49. The summed E-state index contributed by atoms with van der Waals surface area (Å²) in [4.78, 5) is 18.5. The molecule has 4 rings (SSSR count). The van der Waals surface area contributed by atoms with E-state index in [0.29, 0.717) is 23.5 Å². The molecule has 212 valence electrons. The van der Waals surface area contributed by atoms with Gasteiger partial charge in [-0.05, 0) is 78.5 Å². The van der Waals surface area contributed by atoms with Crippen LogP contribution in [0.5, 0.6) is 11.5 Å². The van der Waals surface area contributed by atoms with Gasteiger partial charge >= 0.3 is 0 Å². The molecule has 0 radical (unpaired) electrons. The van der Waals surface area contributed by atoms with E-state index in [1.165, 1.54) is 16.5 Å². The molecule has 0 aliphatic carbocycles. The Hall–Kier alpha value is -3.03. The van der Waals surface area contributed by atoms with E-state index in [1.807, 2.05) is 17.0 Å². The highest BCUT2D eigenvalue weighted by molar-refractivity contribution is 5.92. The second-order valence-corrected chi connectivity index (χ2v) is 11.5. The number of amides is 1. The molecule has 1 aliphatic heterocycles. The van der Waals surface area contributed by atoms with Crippen LogP contribution in [0.15, 0.2) is 36.4 Å². The van der Waals surface area contributed by atoms with Crippen LogP contribution in [0.25, 0.3) is 22.2 Å². The van der Waals surface area contributed by atoms with Crippen molar-refractivity contribution in [1.29, 1.82) is 0 Å². The van der Waals surface area contributed by atoms with E-state index >= 15 is 0 Å². The molecule has 1 aromatic heterocycles.